The zero-order valence-corrected chi connectivity index (χ0v) is 11.5. The van der Waals surface area contributed by atoms with Crippen LogP contribution in [0.2, 0.25) is 0 Å². The number of anilines is 1. The fourth-order valence-corrected chi connectivity index (χ4v) is 2.05. The summed E-state index contributed by atoms with van der Waals surface area (Å²) >= 11 is 0. The van der Waals surface area contributed by atoms with Crippen LogP contribution in [-0.2, 0) is 6.54 Å². The molecule has 21 heavy (non-hydrogen) atoms. The first kappa shape index (κ1) is 14.6. The Bertz CT molecular complexity index is 705. The van der Waals surface area contributed by atoms with Crippen molar-refractivity contribution in [3.8, 4) is 0 Å². The molecular formula is C14H14N2O5. The number of hydrogen-bond donors (Lipinski definition) is 2. The van der Waals surface area contributed by atoms with Crippen LogP contribution in [0, 0.1) is 24.0 Å². The van der Waals surface area contributed by atoms with E-state index in [-0.39, 0.29) is 17.8 Å². The predicted molar refractivity (Wildman–Crippen MR) is 75.6 cm³/mol. The highest BCUT2D eigenvalue weighted by Gasteiger charge is 2.17. The summed E-state index contributed by atoms with van der Waals surface area (Å²) in [5, 5.41) is 22.9. The zero-order valence-electron chi connectivity index (χ0n) is 11.5. The molecule has 1 heterocycles. The van der Waals surface area contributed by atoms with Crippen molar-refractivity contribution in [3.63, 3.8) is 0 Å². The van der Waals surface area contributed by atoms with Gasteiger partial charge in [-0.05, 0) is 25.5 Å². The summed E-state index contributed by atoms with van der Waals surface area (Å²) < 4.78 is 5.32. The minimum absolute atomic E-state index is 0.0308. The summed E-state index contributed by atoms with van der Waals surface area (Å²) in [4.78, 5) is 21.5. The summed E-state index contributed by atoms with van der Waals surface area (Å²) in [6.45, 7) is 3.48. The van der Waals surface area contributed by atoms with Gasteiger partial charge in [-0.1, -0.05) is 12.1 Å². The van der Waals surface area contributed by atoms with Gasteiger partial charge in [0.25, 0.3) is 5.69 Å². The molecule has 2 aromatic rings. The molecule has 2 rings (SSSR count). The quantitative estimate of drug-likeness (QED) is 0.647. The molecular weight excluding hydrogens is 276 g/mol. The number of hydrogen-bond acceptors (Lipinski definition) is 5. The van der Waals surface area contributed by atoms with E-state index in [0.717, 1.165) is 5.56 Å². The summed E-state index contributed by atoms with van der Waals surface area (Å²) in [5.41, 5.74) is 1.18. The van der Waals surface area contributed by atoms with Crippen LogP contribution in [0.15, 0.2) is 28.7 Å². The molecule has 0 spiro atoms. The number of furan rings is 1. The monoisotopic (exact) mass is 290 g/mol. The van der Waals surface area contributed by atoms with Gasteiger partial charge in [-0.3, -0.25) is 10.1 Å². The normalized spacial score (nSPS) is 10.4. The number of nitro benzene ring substituents is 1. The Balaban J connectivity index is 2.23. The lowest BCUT2D eigenvalue weighted by atomic mass is 10.1. The summed E-state index contributed by atoms with van der Waals surface area (Å²) in [6.07, 6.45) is 0. The van der Waals surface area contributed by atoms with Crippen molar-refractivity contribution in [2.75, 3.05) is 5.32 Å². The van der Waals surface area contributed by atoms with E-state index in [2.05, 4.69) is 5.32 Å². The molecule has 1 aromatic carbocycles. The van der Waals surface area contributed by atoms with Gasteiger partial charge < -0.3 is 14.8 Å². The van der Waals surface area contributed by atoms with Crippen LogP contribution in [0.1, 0.15) is 27.4 Å². The number of carboxylic acids is 1. The molecule has 0 atom stereocenters. The number of rotatable bonds is 5. The minimum Gasteiger partial charge on any atom is -0.478 e. The number of para-hydroxylation sites is 1. The lowest BCUT2D eigenvalue weighted by molar-refractivity contribution is -0.384. The first-order valence-corrected chi connectivity index (χ1v) is 6.20. The van der Waals surface area contributed by atoms with E-state index in [1.54, 1.807) is 26.0 Å². The van der Waals surface area contributed by atoms with Gasteiger partial charge >= 0.3 is 5.97 Å². The summed E-state index contributed by atoms with van der Waals surface area (Å²) in [5.74, 6) is -0.356. The van der Waals surface area contributed by atoms with Crippen LogP contribution >= 0.6 is 0 Å². The van der Waals surface area contributed by atoms with Gasteiger partial charge in [-0.15, -0.1) is 0 Å². The Labute approximate surface area is 120 Å². The maximum absolute atomic E-state index is 11.0. The van der Waals surface area contributed by atoms with Crippen molar-refractivity contribution >= 4 is 17.3 Å². The fourth-order valence-electron chi connectivity index (χ4n) is 2.05. The summed E-state index contributed by atoms with van der Waals surface area (Å²) in [7, 11) is 0. The highest BCUT2D eigenvalue weighted by Crippen LogP contribution is 2.28. The molecule has 0 aliphatic carbocycles. The van der Waals surface area contributed by atoms with Crippen molar-refractivity contribution in [1.29, 1.82) is 0 Å². The molecule has 7 heteroatoms. The van der Waals surface area contributed by atoms with E-state index in [1.807, 2.05) is 0 Å². The number of nitrogens with one attached hydrogen (secondary N) is 1. The van der Waals surface area contributed by atoms with Crippen LogP contribution in [-0.4, -0.2) is 16.0 Å². The van der Waals surface area contributed by atoms with Crippen molar-refractivity contribution in [2.45, 2.75) is 20.4 Å². The molecule has 0 aliphatic heterocycles. The Hall–Kier alpha value is -2.83. The van der Waals surface area contributed by atoms with Gasteiger partial charge in [0.05, 0.1) is 11.5 Å². The van der Waals surface area contributed by atoms with E-state index in [4.69, 9.17) is 9.52 Å². The molecule has 110 valence electrons. The molecule has 7 nitrogen and oxygen atoms in total. The standard InChI is InChI=1S/C14H14N2O5/c1-8-4-3-5-12(16(19)20)13(8)15-7-10-6-11(14(17)18)9(2)21-10/h3-6,15H,7H2,1-2H3,(H,17,18). The number of aromatic carboxylic acids is 1. The van der Waals surface area contributed by atoms with Crippen LogP contribution in [0.3, 0.4) is 0 Å². The molecule has 0 saturated carbocycles. The van der Waals surface area contributed by atoms with Crippen LogP contribution < -0.4 is 5.32 Å². The molecule has 2 N–H and O–H groups in total. The van der Waals surface area contributed by atoms with Gasteiger partial charge in [0, 0.05) is 6.07 Å². The minimum atomic E-state index is -1.07. The summed E-state index contributed by atoms with van der Waals surface area (Å²) in [6, 6.07) is 6.18. The highest BCUT2D eigenvalue weighted by molar-refractivity contribution is 5.88. The van der Waals surface area contributed by atoms with E-state index in [9.17, 15) is 14.9 Å². The number of carboxylic acid groups (broad SMARTS) is 1. The Morgan fingerprint density at radius 3 is 2.71 bits per heavy atom. The maximum atomic E-state index is 11.0. The average molecular weight is 290 g/mol. The second-order valence-corrected chi connectivity index (χ2v) is 4.57. The molecule has 0 radical (unpaired) electrons. The van der Waals surface area contributed by atoms with Crippen molar-refractivity contribution in [2.24, 2.45) is 0 Å². The fraction of sp³-hybridized carbons (Fsp3) is 0.214. The third-order valence-corrected chi connectivity index (χ3v) is 3.09. The third kappa shape index (κ3) is 3.02. The Kier molecular flexibility index (Phi) is 3.93. The number of nitrogens with zero attached hydrogens (tertiary/aromatic N) is 1. The van der Waals surface area contributed by atoms with E-state index >= 15 is 0 Å². The van der Waals surface area contributed by atoms with Crippen molar-refractivity contribution < 1.29 is 19.2 Å². The molecule has 0 bridgehead atoms. The topological polar surface area (TPSA) is 106 Å². The smallest absolute Gasteiger partial charge is 0.339 e. The van der Waals surface area contributed by atoms with E-state index in [0.29, 0.717) is 17.2 Å². The molecule has 0 saturated heterocycles. The zero-order chi connectivity index (χ0) is 15.6. The molecule has 1 aromatic heterocycles. The molecule has 0 aliphatic rings. The lowest BCUT2D eigenvalue weighted by Gasteiger charge is -2.08. The predicted octanol–water partition coefficient (Wildman–Crippen LogP) is 3.11. The number of nitro groups is 1. The van der Waals surface area contributed by atoms with Gasteiger partial charge in [0.1, 0.15) is 22.8 Å². The second kappa shape index (κ2) is 5.66. The number of carbonyl (C=O) groups is 1. The van der Waals surface area contributed by atoms with E-state index in [1.165, 1.54) is 12.1 Å². The molecule has 0 fully saturated rings. The van der Waals surface area contributed by atoms with Crippen LogP contribution in [0.4, 0.5) is 11.4 Å². The molecule has 0 amide bonds. The van der Waals surface area contributed by atoms with Crippen molar-refractivity contribution in [1.82, 2.24) is 0 Å². The van der Waals surface area contributed by atoms with Gasteiger partial charge in [0.15, 0.2) is 0 Å². The SMILES string of the molecule is Cc1cccc([N+](=O)[O-])c1NCc1cc(C(=O)O)c(C)o1. The lowest BCUT2D eigenvalue weighted by Crippen LogP contribution is -2.03. The van der Waals surface area contributed by atoms with Gasteiger partial charge in [0.2, 0.25) is 0 Å². The third-order valence-electron chi connectivity index (χ3n) is 3.09. The number of aryl methyl sites for hydroxylation is 2. The second-order valence-electron chi connectivity index (χ2n) is 4.57. The van der Waals surface area contributed by atoms with Crippen molar-refractivity contribution in [3.05, 3.63) is 57.0 Å². The Morgan fingerprint density at radius 1 is 1.43 bits per heavy atom. The average Bonchev–Trinajstić information content (AvgIpc) is 2.78. The van der Waals surface area contributed by atoms with Gasteiger partial charge in [-0.2, -0.15) is 0 Å². The Morgan fingerprint density at radius 2 is 2.14 bits per heavy atom. The number of benzene rings is 1. The van der Waals surface area contributed by atoms with Gasteiger partial charge in [-0.25, -0.2) is 4.79 Å². The highest BCUT2D eigenvalue weighted by atomic mass is 16.6. The first-order chi connectivity index (χ1) is 9.90. The first-order valence-electron chi connectivity index (χ1n) is 6.20. The van der Waals surface area contributed by atoms with E-state index < -0.39 is 10.9 Å². The van der Waals surface area contributed by atoms with Crippen LogP contribution in [0.5, 0.6) is 0 Å². The largest absolute Gasteiger partial charge is 0.478 e. The molecule has 0 unspecified atom stereocenters. The van der Waals surface area contributed by atoms with Crippen LogP contribution in [0.25, 0.3) is 0 Å². The maximum Gasteiger partial charge on any atom is 0.339 e.